The van der Waals surface area contributed by atoms with Gasteiger partial charge in [-0.25, -0.2) is 4.79 Å². The molecule has 0 spiro atoms. The molecule has 6 nitrogen and oxygen atoms in total. The zero-order chi connectivity index (χ0) is 18.2. The Morgan fingerprint density at radius 2 is 2.08 bits per heavy atom. The minimum Gasteiger partial charge on any atom is -0.472 e. The monoisotopic (exact) mass is 474 g/mol. The molecular weight excluding hydrogens is 459 g/mol. The largest absolute Gasteiger partial charge is 0.472 e. The van der Waals surface area contributed by atoms with E-state index in [0.717, 1.165) is 14.7 Å². The highest BCUT2D eigenvalue weighted by molar-refractivity contribution is 14.1. The number of hydrogen-bond donors (Lipinski definition) is 2. The van der Waals surface area contributed by atoms with Gasteiger partial charge >= 0.3 is 6.09 Å². The Hall–Kier alpha value is -2.00. The molecular formula is C17H16ClIN2O4. The van der Waals surface area contributed by atoms with Crippen LogP contribution in [0.4, 0.5) is 4.79 Å². The molecule has 0 heterocycles. The molecule has 8 heteroatoms. The molecule has 0 aromatic heterocycles. The van der Waals surface area contributed by atoms with E-state index >= 15 is 0 Å². The molecule has 0 aliphatic carbocycles. The molecule has 2 rings (SSSR count). The second-order valence-corrected chi connectivity index (χ2v) is 6.53. The summed E-state index contributed by atoms with van der Waals surface area (Å²) in [5.41, 5.74) is 2.47. The van der Waals surface area contributed by atoms with Gasteiger partial charge in [0.1, 0.15) is 12.4 Å². The van der Waals surface area contributed by atoms with Gasteiger partial charge in [-0.05, 0) is 47.7 Å². The van der Waals surface area contributed by atoms with Crippen molar-refractivity contribution in [2.75, 3.05) is 6.73 Å². The van der Waals surface area contributed by atoms with Gasteiger partial charge in [-0.2, -0.15) is 0 Å². The minimum atomic E-state index is -1.17. The lowest BCUT2D eigenvalue weighted by Crippen LogP contribution is -2.25. The predicted molar refractivity (Wildman–Crippen MR) is 104 cm³/mol. The lowest BCUT2D eigenvalue weighted by Gasteiger charge is -2.10. The first kappa shape index (κ1) is 19.3. The van der Waals surface area contributed by atoms with Crippen LogP contribution in [-0.2, 0) is 11.4 Å². The number of nitrogens with zero attached hydrogens (tertiary/aromatic N) is 1. The number of oxime groups is 1. The molecule has 0 aliphatic rings. The summed E-state index contributed by atoms with van der Waals surface area (Å²) in [6.45, 7) is 1.98. The number of halogens is 2. The minimum absolute atomic E-state index is 0.197. The topological polar surface area (TPSA) is 80.2 Å². The van der Waals surface area contributed by atoms with Gasteiger partial charge in [0, 0.05) is 14.7 Å². The van der Waals surface area contributed by atoms with E-state index in [0.29, 0.717) is 23.1 Å². The fraction of sp³-hybridized carbons (Fsp3) is 0.176. The zero-order valence-corrected chi connectivity index (χ0v) is 16.2. The van der Waals surface area contributed by atoms with Crippen LogP contribution in [0.15, 0.2) is 47.6 Å². The first-order valence-electron chi connectivity index (χ1n) is 7.27. The number of carbonyl (C=O) groups is 1. The van der Waals surface area contributed by atoms with Gasteiger partial charge in [0.05, 0.1) is 10.7 Å². The van der Waals surface area contributed by atoms with Crippen LogP contribution >= 0.6 is 34.2 Å². The molecule has 2 N–H and O–H groups in total. The van der Waals surface area contributed by atoms with E-state index in [-0.39, 0.29) is 6.73 Å². The molecule has 0 atom stereocenters. The number of amides is 1. The molecule has 0 saturated carbocycles. The Labute approximate surface area is 163 Å². The van der Waals surface area contributed by atoms with Crippen molar-refractivity contribution in [3.05, 3.63) is 62.2 Å². The number of carboxylic acid groups (broad SMARTS) is 1. The number of nitrogens with one attached hydrogen (secondary N) is 1. The van der Waals surface area contributed by atoms with Crippen LogP contribution in [0.2, 0.25) is 5.02 Å². The van der Waals surface area contributed by atoms with Gasteiger partial charge in [0.15, 0.2) is 6.73 Å². The normalized spacial score (nSPS) is 11.1. The van der Waals surface area contributed by atoms with Crippen molar-refractivity contribution in [2.45, 2.75) is 13.5 Å². The molecule has 0 fully saturated rings. The molecule has 0 saturated heterocycles. The van der Waals surface area contributed by atoms with Gasteiger partial charge in [0.25, 0.3) is 0 Å². The fourth-order valence-electron chi connectivity index (χ4n) is 1.88. The van der Waals surface area contributed by atoms with Crippen LogP contribution in [0.3, 0.4) is 0 Å². The maximum absolute atomic E-state index is 10.4. The number of hydrogen-bond acceptors (Lipinski definition) is 4. The molecule has 1 amide bonds. The third-order valence-corrected chi connectivity index (χ3v) is 4.54. The summed E-state index contributed by atoms with van der Waals surface area (Å²) in [7, 11) is 0. The molecule has 25 heavy (non-hydrogen) atoms. The lowest BCUT2D eigenvalue weighted by molar-refractivity contribution is 0.130. The van der Waals surface area contributed by atoms with Crippen molar-refractivity contribution in [1.82, 2.24) is 5.32 Å². The van der Waals surface area contributed by atoms with Crippen molar-refractivity contribution in [3.63, 3.8) is 0 Å². The number of benzene rings is 2. The first-order chi connectivity index (χ1) is 12.0. The van der Waals surface area contributed by atoms with Crippen LogP contribution < -0.4 is 10.1 Å². The SMILES string of the molecule is CC(=NOCc1ccccc1I)c1ccc(Cl)c(OCNC(=O)O)c1. The van der Waals surface area contributed by atoms with E-state index in [1.807, 2.05) is 24.3 Å². The Morgan fingerprint density at radius 1 is 1.32 bits per heavy atom. The quantitative estimate of drug-likeness (QED) is 0.268. The lowest BCUT2D eigenvalue weighted by atomic mass is 10.1. The highest BCUT2D eigenvalue weighted by Crippen LogP contribution is 2.25. The molecule has 2 aromatic rings. The summed E-state index contributed by atoms with van der Waals surface area (Å²) in [6.07, 6.45) is -1.17. The van der Waals surface area contributed by atoms with E-state index < -0.39 is 6.09 Å². The first-order valence-corrected chi connectivity index (χ1v) is 8.72. The van der Waals surface area contributed by atoms with E-state index in [1.165, 1.54) is 0 Å². The van der Waals surface area contributed by atoms with Gasteiger partial charge in [-0.15, -0.1) is 0 Å². The highest BCUT2D eigenvalue weighted by atomic mass is 127. The maximum atomic E-state index is 10.4. The van der Waals surface area contributed by atoms with E-state index in [1.54, 1.807) is 25.1 Å². The summed E-state index contributed by atoms with van der Waals surface area (Å²) in [4.78, 5) is 15.9. The Bertz CT molecular complexity index is 783. The third-order valence-electron chi connectivity index (χ3n) is 3.18. The summed E-state index contributed by atoms with van der Waals surface area (Å²) < 4.78 is 6.42. The Morgan fingerprint density at radius 3 is 2.80 bits per heavy atom. The summed E-state index contributed by atoms with van der Waals surface area (Å²) >= 11 is 8.29. The van der Waals surface area contributed by atoms with Crippen LogP contribution in [0, 0.1) is 3.57 Å². The average Bonchev–Trinajstić information content (AvgIpc) is 2.58. The molecule has 132 valence electrons. The van der Waals surface area contributed by atoms with Crippen LogP contribution in [0.25, 0.3) is 0 Å². The Kier molecular flexibility index (Phi) is 7.32. The zero-order valence-electron chi connectivity index (χ0n) is 13.3. The highest BCUT2D eigenvalue weighted by Gasteiger charge is 2.07. The van der Waals surface area contributed by atoms with Crippen molar-refractivity contribution in [1.29, 1.82) is 0 Å². The molecule has 2 aromatic carbocycles. The summed E-state index contributed by atoms with van der Waals surface area (Å²) in [5, 5.41) is 15.2. The summed E-state index contributed by atoms with van der Waals surface area (Å²) in [6, 6.07) is 13.0. The van der Waals surface area contributed by atoms with Crippen LogP contribution in [-0.4, -0.2) is 23.6 Å². The number of rotatable bonds is 7. The second-order valence-electron chi connectivity index (χ2n) is 4.96. The third kappa shape index (κ3) is 6.09. The van der Waals surface area contributed by atoms with Crippen molar-refractivity contribution < 1.29 is 19.5 Å². The Balaban J connectivity index is 2.01. The smallest absolute Gasteiger partial charge is 0.407 e. The van der Waals surface area contributed by atoms with Crippen molar-refractivity contribution in [2.24, 2.45) is 5.16 Å². The molecule has 0 unspecified atom stereocenters. The second kappa shape index (κ2) is 9.47. The maximum Gasteiger partial charge on any atom is 0.407 e. The fourth-order valence-corrected chi connectivity index (χ4v) is 2.60. The predicted octanol–water partition coefficient (Wildman–Crippen LogP) is 4.49. The van der Waals surface area contributed by atoms with Crippen molar-refractivity contribution in [3.8, 4) is 5.75 Å². The van der Waals surface area contributed by atoms with Gasteiger partial charge in [0.2, 0.25) is 0 Å². The standard InChI is InChI=1S/C17H16ClIN2O4/c1-11(21-25-9-13-4-2-3-5-15(13)19)12-6-7-14(18)16(8-12)24-10-20-17(22)23/h2-8,20H,9-10H2,1H3,(H,22,23). The van der Waals surface area contributed by atoms with Crippen LogP contribution in [0.5, 0.6) is 5.75 Å². The number of ether oxygens (including phenoxy) is 1. The molecule has 0 bridgehead atoms. The van der Waals surface area contributed by atoms with Crippen LogP contribution in [0.1, 0.15) is 18.1 Å². The summed E-state index contributed by atoms with van der Waals surface area (Å²) in [5.74, 6) is 0.361. The van der Waals surface area contributed by atoms with E-state index in [4.69, 9.17) is 26.3 Å². The average molecular weight is 475 g/mol. The van der Waals surface area contributed by atoms with E-state index in [2.05, 4.69) is 33.1 Å². The molecule has 0 aliphatic heterocycles. The van der Waals surface area contributed by atoms with Gasteiger partial charge in [-0.1, -0.05) is 41.0 Å². The van der Waals surface area contributed by atoms with E-state index in [9.17, 15) is 4.79 Å². The van der Waals surface area contributed by atoms with Gasteiger partial charge in [-0.3, -0.25) is 5.32 Å². The van der Waals surface area contributed by atoms with Crippen molar-refractivity contribution >= 4 is 46.0 Å². The molecule has 0 radical (unpaired) electrons. The van der Waals surface area contributed by atoms with Gasteiger partial charge < -0.3 is 14.7 Å².